The average Bonchev–Trinajstić information content (AvgIpc) is 2.61. The molecule has 4 nitrogen and oxygen atoms in total. The van der Waals surface area contributed by atoms with E-state index in [1.807, 2.05) is 32.1 Å². The van der Waals surface area contributed by atoms with E-state index in [-0.39, 0.29) is 6.79 Å². The first-order valence-corrected chi connectivity index (χ1v) is 8.32. The quantitative estimate of drug-likeness (QED) is 0.506. The summed E-state index contributed by atoms with van der Waals surface area (Å²) in [4.78, 5) is 11.4. The van der Waals surface area contributed by atoms with E-state index in [1.54, 1.807) is 7.11 Å². The maximum atomic E-state index is 11.4. The Hall–Kier alpha value is -2.07. The third-order valence-corrected chi connectivity index (χ3v) is 4.20. The molecule has 0 fully saturated rings. The maximum absolute atomic E-state index is 11.4. The number of ether oxygens (including phenoxy) is 3. The SMILES string of the molecule is CCOc1ccc(CCC2=CCC(C)(C=O)C(OCOC)=C2)cc1. The Kier molecular flexibility index (Phi) is 6.62. The normalized spacial score (nSPS) is 20.1. The number of aldehydes is 1. The van der Waals surface area contributed by atoms with Crippen LogP contribution in [0.25, 0.3) is 0 Å². The molecule has 0 heterocycles. The lowest BCUT2D eigenvalue weighted by Gasteiger charge is -2.29. The highest BCUT2D eigenvalue weighted by Gasteiger charge is 2.32. The van der Waals surface area contributed by atoms with Crippen LogP contribution in [-0.2, 0) is 20.7 Å². The Morgan fingerprint density at radius 1 is 1.17 bits per heavy atom. The lowest BCUT2D eigenvalue weighted by atomic mass is 9.80. The second-order valence-corrected chi connectivity index (χ2v) is 6.15. The number of hydrogen-bond acceptors (Lipinski definition) is 4. The maximum Gasteiger partial charge on any atom is 0.188 e. The van der Waals surface area contributed by atoms with Gasteiger partial charge in [-0.3, -0.25) is 0 Å². The van der Waals surface area contributed by atoms with E-state index < -0.39 is 5.41 Å². The van der Waals surface area contributed by atoms with Crippen molar-refractivity contribution in [1.29, 1.82) is 0 Å². The molecule has 4 heteroatoms. The fourth-order valence-corrected chi connectivity index (χ4v) is 2.65. The van der Waals surface area contributed by atoms with Gasteiger partial charge in [0.25, 0.3) is 0 Å². The van der Waals surface area contributed by atoms with Gasteiger partial charge in [-0.05, 0) is 62.5 Å². The third-order valence-electron chi connectivity index (χ3n) is 4.20. The minimum Gasteiger partial charge on any atom is -0.494 e. The Balaban J connectivity index is 1.99. The molecule has 0 saturated carbocycles. The first-order chi connectivity index (χ1) is 11.6. The summed E-state index contributed by atoms with van der Waals surface area (Å²) in [7, 11) is 1.57. The van der Waals surface area contributed by atoms with Gasteiger partial charge in [0.1, 0.15) is 17.8 Å². The zero-order valence-electron chi connectivity index (χ0n) is 14.7. The third kappa shape index (κ3) is 4.71. The molecule has 2 rings (SSSR count). The molecule has 1 atom stereocenters. The van der Waals surface area contributed by atoms with Crippen molar-refractivity contribution in [2.45, 2.75) is 33.1 Å². The largest absolute Gasteiger partial charge is 0.494 e. The lowest BCUT2D eigenvalue weighted by molar-refractivity contribution is -0.116. The molecule has 1 aliphatic carbocycles. The molecule has 0 bridgehead atoms. The van der Waals surface area contributed by atoms with Crippen LogP contribution in [0.3, 0.4) is 0 Å². The minimum absolute atomic E-state index is 0.154. The van der Waals surface area contributed by atoms with Crippen LogP contribution in [0.1, 0.15) is 32.3 Å². The molecule has 0 N–H and O–H groups in total. The smallest absolute Gasteiger partial charge is 0.188 e. The first-order valence-electron chi connectivity index (χ1n) is 8.32. The molecule has 0 saturated heterocycles. The van der Waals surface area contributed by atoms with Gasteiger partial charge in [0.15, 0.2) is 6.79 Å². The molecule has 0 aromatic heterocycles. The number of aryl methyl sites for hydroxylation is 1. The number of carbonyl (C=O) groups excluding carboxylic acids is 1. The predicted molar refractivity (Wildman–Crippen MR) is 93.8 cm³/mol. The molecule has 1 aliphatic rings. The van der Waals surface area contributed by atoms with Crippen molar-refractivity contribution in [2.24, 2.45) is 5.41 Å². The second-order valence-electron chi connectivity index (χ2n) is 6.15. The highest BCUT2D eigenvalue weighted by atomic mass is 16.7. The molecule has 0 radical (unpaired) electrons. The van der Waals surface area contributed by atoms with Crippen molar-refractivity contribution in [3.05, 3.63) is 53.3 Å². The highest BCUT2D eigenvalue weighted by molar-refractivity contribution is 5.65. The van der Waals surface area contributed by atoms with E-state index in [1.165, 1.54) is 11.1 Å². The van der Waals surface area contributed by atoms with Crippen molar-refractivity contribution in [3.63, 3.8) is 0 Å². The molecule has 1 aromatic rings. The minimum atomic E-state index is -0.596. The van der Waals surface area contributed by atoms with Crippen LogP contribution in [0.5, 0.6) is 5.75 Å². The van der Waals surface area contributed by atoms with Gasteiger partial charge in [-0.25, -0.2) is 0 Å². The van der Waals surface area contributed by atoms with E-state index in [0.29, 0.717) is 18.8 Å². The Bertz CT molecular complexity index is 601. The standard InChI is InChI=1S/C20H26O4/c1-4-23-18-9-7-16(8-10-18)5-6-17-11-12-20(2,14-21)19(13-17)24-15-22-3/h7-11,13-14H,4-6,12,15H2,1-3H3. The van der Waals surface area contributed by atoms with Crippen molar-refractivity contribution in [2.75, 3.05) is 20.5 Å². The Morgan fingerprint density at radius 2 is 1.92 bits per heavy atom. The van der Waals surface area contributed by atoms with Gasteiger partial charge in [-0.2, -0.15) is 0 Å². The van der Waals surface area contributed by atoms with Crippen molar-refractivity contribution < 1.29 is 19.0 Å². The summed E-state index contributed by atoms with van der Waals surface area (Å²) in [6.45, 7) is 4.70. The van der Waals surface area contributed by atoms with Crippen LogP contribution in [-0.4, -0.2) is 26.8 Å². The van der Waals surface area contributed by atoms with Gasteiger partial charge < -0.3 is 19.0 Å². The van der Waals surface area contributed by atoms with E-state index in [0.717, 1.165) is 24.9 Å². The summed E-state index contributed by atoms with van der Waals surface area (Å²) in [6, 6.07) is 8.19. The van der Waals surface area contributed by atoms with E-state index >= 15 is 0 Å². The van der Waals surface area contributed by atoms with Crippen LogP contribution in [0.15, 0.2) is 47.7 Å². The van der Waals surface area contributed by atoms with Gasteiger partial charge >= 0.3 is 0 Å². The number of benzene rings is 1. The van der Waals surface area contributed by atoms with Crippen LogP contribution < -0.4 is 4.74 Å². The molecule has 24 heavy (non-hydrogen) atoms. The summed E-state index contributed by atoms with van der Waals surface area (Å²) in [6.07, 6.45) is 7.56. The van der Waals surface area contributed by atoms with Crippen LogP contribution in [0, 0.1) is 5.41 Å². The topological polar surface area (TPSA) is 44.8 Å². The molecular formula is C20H26O4. The van der Waals surface area contributed by atoms with Crippen LogP contribution >= 0.6 is 0 Å². The van der Waals surface area contributed by atoms with E-state index in [9.17, 15) is 4.79 Å². The summed E-state index contributed by atoms with van der Waals surface area (Å²) < 4.78 is 16.0. The summed E-state index contributed by atoms with van der Waals surface area (Å²) >= 11 is 0. The van der Waals surface area contributed by atoms with Crippen LogP contribution in [0.4, 0.5) is 0 Å². The molecular weight excluding hydrogens is 304 g/mol. The van der Waals surface area contributed by atoms with E-state index in [4.69, 9.17) is 14.2 Å². The molecule has 1 aromatic carbocycles. The molecule has 0 aliphatic heterocycles. The van der Waals surface area contributed by atoms with Gasteiger partial charge in [0, 0.05) is 7.11 Å². The first kappa shape index (κ1) is 18.3. The fraction of sp³-hybridized carbons (Fsp3) is 0.450. The Labute approximate surface area is 144 Å². The number of methoxy groups -OCH3 is 1. The number of allylic oxidation sites excluding steroid dienone is 4. The average molecular weight is 330 g/mol. The van der Waals surface area contributed by atoms with Crippen molar-refractivity contribution >= 4 is 6.29 Å². The van der Waals surface area contributed by atoms with Gasteiger partial charge in [-0.1, -0.05) is 18.2 Å². The Morgan fingerprint density at radius 3 is 2.54 bits per heavy atom. The summed E-state index contributed by atoms with van der Waals surface area (Å²) in [5, 5.41) is 0. The fourth-order valence-electron chi connectivity index (χ4n) is 2.65. The molecule has 0 amide bonds. The van der Waals surface area contributed by atoms with Gasteiger partial charge in [0.2, 0.25) is 0 Å². The number of hydrogen-bond donors (Lipinski definition) is 0. The van der Waals surface area contributed by atoms with Gasteiger partial charge in [-0.15, -0.1) is 0 Å². The molecule has 130 valence electrons. The van der Waals surface area contributed by atoms with Crippen molar-refractivity contribution in [1.82, 2.24) is 0 Å². The summed E-state index contributed by atoms with van der Waals surface area (Å²) in [5.74, 6) is 1.58. The van der Waals surface area contributed by atoms with E-state index in [2.05, 4.69) is 18.2 Å². The summed E-state index contributed by atoms with van der Waals surface area (Å²) in [5.41, 5.74) is 1.85. The monoisotopic (exact) mass is 330 g/mol. The zero-order chi connectivity index (χ0) is 17.4. The van der Waals surface area contributed by atoms with Crippen LogP contribution in [0.2, 0.25) is 0 Å². The molecule has 1 unspecified atom stereocenters. The molecule has 0 spiro atoms. The predicted octanol–water partition coefficient (Wildman–Crippen LogP) is 4.06. The lowest BCUT2D eigenvalue weighted by Crippen LogP contribution is -2.25. The van der Waals surface area contributed by atoms with Gasteiger partial charge in [0.05, 0.1) is 12.0 Å². The number of carbonyl (C=O) groups is 1. The zero-order valence-corrected chi connectivity index (χ0v) is 14.7. The van der Waals surface area contributed by atoms with Crippen molar-refractivity contribution in [3.8, 4) is 5.75 Å². The second kappa shape index (κ2) is 8.69. The highest BCUT2D eigenvalue weighted by Crippen LogP contribution is 2.36. The number of rotatable bonds is 9.